The van der Waals surface area contributed by atoms with E-state index in [4.69, 9.17) is 14.5 Å². The number of hydrogen-bond acceptors (Lipinski definition) is 5. The fourth-order valence-electron chi connectivity index (χ4n) is 4.03. The summed E-state index contributed by atoms with van der Waals surface area (Å²) in [5, 5.41) is 3.55. The van der Waals surface area contributed by atoms with Crippen LogP contribution in [0.2, 0.25) is 0 Å². The molecule has 1 fully saturated rings. The number of para-hydroxylation sites is 4. The van der Waals surface area contributed by atoms with Crippen LogP contribution in [0.15, 0.2) is 48.5 Å². The molecule has 0 radical (unpaired) electrons. The molecule has 2 heterocycles. The molecule has 0 atom stereocenters. The van der Waals surface area contributed by atoms with Crippen LogP contribution in [0.5, 0.6) is 11.5 Å². The van der Waals surface area contributed by atoms with Gasteiger partial charge in [-0.1, -0.05) is 24.3 Å². The van der Waals surface area contributed by atoms with E-state index in [1.54, 1.807) is 7.11 Å². The van der Waals surface area contributed by atoms with E-state index in [2.05, 4.69) is 46.1 Å². The molecule has 4 rings (SSSR count). The number of aromatic nitrogens is 2. The fraction of sp³-hybridized carbons (Fsp3) is 0.435. The van der Waals surface area contributed by atoms with Gasteiger partial charge in [-0.05, 0) is 49.6 Å². The van der Waals surface area contributed by atoms with Gasteiger partial charge in [0, 0.05) is 26.7 Å². The second-order valence-corrected chi connectivity index (χ2v) is 7.59. The summed E-state index contributed by atoms with van der Waals surface area (Å²) in [6.07, 6.45) is 2.37. The van der Waals surface area contributed by atoms with Gasteiger partial charge in [0.1, 0.15) is 6.61 Å². The predicted octanol–water partition coefficient (Wildman–Crippen LogP) is 4.31. The highest BCUT2D eigenvalue weighted by atomic mass is 35.5. The third-order valence-electron chi connectivity index (χ3n) is 5.70. The van der Waals surface area contributed by atoms with Crippen LogP contribution < -0.4 is 19.7 Å². The summed E-state index contributed by atoms with van der Waals surface area (Å²) in [5.74, 6) is 3.37. The van der Waals surface area contributed by atoms with E-state index in [1.807, 2.05) is 24.3 Å². The zero-order chi connectivity index (χ0) is 20.1. The molecule has 170 valence electrons. The smallest absolute Gasteiger partial charge is 0.206 e. The molecule has 1 saturated heterocycles. The molecular formula is C23H32Cl2N4O2. The van der Waals surface area contributed by atoms with Gasteiger partial charge in [0.05, 0.1) is 18.1 Å². The molecule has 0 bridgehead atoms. The summed E-state index contributed by atoms with van der Waals surface area (Å²) in [6, 6.07) is 16.1. The molecule has 8 heteroatoms. The molecule has 1 aliphatic heterocycles. The quantitative estimate of drug-likeness (QED) is 0.501. The minimum atomic E-state index is 0. The van der Waals surface area contributed by atoms with Crippen LogP contribution >= 0.6 is 24.8 Å². The van der Waals surface area contributed by atoms with Crippen molar-refractivity contribution in [3.63, 3.8) is 0 Å². The Kier molecular flexibility index (Phi) is 9.75. The first-order chi connectivity index (χ1) is 14.3. The van der Waals surface area contributed by atoms with Gasteiger partial charge in [-0.2, -0.15) is 0 Å². The van der Waals surface area contributed by atoms with Crippen LogP contribution in [0.25, 0.3) is 11.0 Å². The Hall–Kier alpha value is -2.15. The summed E-state index contributed by atoms with van der Waals surface area (Å²) in [4.78, 5) is 7.25. The van der Waals surface area contributed by atoms with Crippen LogP contribution in [0.3, 0.4) is 0 Å². The van der Waals surface area contributed by atoms with E-state index in [0.29, 0.717) is 12.5 Å². The number of nitrogens with zero attached hydrogens (tertiary/aromatic N) is 3. The van der Waals surface area contributed by atoms with Crippen molar-refractivity contribution in [2.24, 2.45) is 13.0 Å². The van der Waals surface area contributed by atoms with Gasteiger partial charge in [-0.3, -0.25) is 0 Å². The van der Waals surface area contributed by atoms with Crippen LogP contribution in [-0.2, 0) is 7.05 Å². The number of methoxy groups -OCH3 is 1. The number of aryl methyl sites for hydroxylation is 1. The number of imidazole rings is 1. The minimum absolute atomic E-state index is 0. The Morgan fingerprint density at radius 3 is 2.39 bits per heavy atom. The van der Waals surface area contributed by atoms with Crippen LogP contribution in [0.1, 0.15) is 12.8 Å². The second-order valence-electron chi connectivity index (χ2n) is 7.59. The van der Waals surface area contributed by atoms with Crippen molar-refractivity contribution in [3.05, 3.63) is 48.5 Å². The highest BCUT2D eigenvalue weighted by Crippen LogP contribution is 2.26. The average molecular weight is 467 g/mol. The predicted molar refractivity (Wildman–Crippen MR) is 132 cm³/mol. The lowest BCUT2D eigenvalue weighted by atomic mass is 9.97. The van der Waals surface area contributed by atoms with Gasteiger partial charge in [-0.25, -0.2) is 4.98 Å². The first-order valence-electron chi connectivity index (χ1n) is 10.4. The van der Waals surface area contributed by atoms with Crippen molar-refractivity contribution in [1.29, 1.82) is 0 Å². The highest BCUT2D eigenvalue weighted by Gasteiger charge is 2.22. The highest BCUT2D eigenvalue weighted by molar-refractivity contribution is 5.85. The lowest BCUT2D eigenvalue weighted by Crippen LogP contribution is -2.39. The van der Waals surface area contributed by atoms with E-state index in [1.165, 1.54) is 18.4 Å². The second kappa shape index (κ2) is 12.0. The van der Waals surface area contributed by atoms with Gasteiger partial charge < -0.3 is 24.3 Å². The van der Waals surface area contributed by atoms with E-state index < -0.39 is 0 Å². The molecular weight excluding hydrogens is 435 g/mol. The van der Waals surface area contributed by atoms with Crippen molar-refractivity contribution in [2.45, 2.75) is 12.8 Å². The molecule has 1 N–H and O–H groups in total. The number of rotatable bonds is 8. The molecule has 0 unspecified atom stereocenters. The molecule has 0 amide bonds. The third-order valence-corrected chi connectivity index (χ3v) is 5.70. The number of halogens is 2. The molecule has 31 heavy (non-hydrogen) atoms. The number of nitrogens with one attached hydrogen (secondary N) is 1. The van der Waals surface area contributed by atoms with E-state index >= 15 is 0 Å². The van der Waals surface area contributed by atoms with E-state index in [-0.39, 0.29) is 24.8 Å². The summed E-state index contributed by atoms with van der Waals surface area (Å²) in [5.41, 5.74) is 2.27. The summed E-state index contributed by atoms with van der Waals surface area (Å²) in [6.45, 7) is 4.62. The first kappa shape index (κ1) is 25.1. The number of fused-ring (bicyclic) bond motifs is 1. The number of piperidine rings is 1. The molecule has 0 aliphatic carbocycles. The Bertz CT molecular complexity index is 942. The maximum absolute atomic E-state index is 5.83. The Labute approximate surface area is 196 Å². The number of ether oxygens (including phenoxy) is 2. The molecule has 1 aromatic heterocycles. The molecule has 6 nitrogen and oxygen atoms in total. The maximum Gasteiger partial charge on any atom is 0.206 e. The Morgan fingerprint density at radius 2 is 1.68 bits per heavy atom. The van der Waals surface area contributed by atoms with Crippen molar-refractivity contribution in [1.82, 2.24) is 14.9 Å². The molecule has 0 spiro atoms. The zero-order valence-electron chi connectivity index (χ0n) is 18.1. The van der Waals surface area contributed by atoms with Crippen molar-refractivity contribution >= 4 is 41.8 Å². The molecule has 0 saturated carbocycles. The first-order valence-corrected chi connectivity index (χ1v) is 10.4. The summed E-state index contributed by atoms with van der Waals surface area (Å²) < 4.78 is 13.4. The lowest BCUT2D eigenvalue weighted by molar-refractivity contribution is 0.284. The van der Waals surface area contributed by atoms with Gasteiger partial charge >= 0.3 is 0 Å². The van der Waals surface area contributed by atoms with Crippen molar-refractivity contribution < 1.29 is 9.47 Å². The maximum atomic E-state index is 5.83. The summed E-state index contributed by atoms with van der Waals surface area (Å²) >= 11 is 0. The standard InChI is InChI=1S/C23H30N4O2.2ClH/c1-26-20-8-4-3-7-19(20)25-23(26)27-14-11-18(12-15-27)17-24-13-16-29-22-10-6-5-9-21(22)28-2;;/h3-10,18,24H,11-17H2,1-2H3;2*1H. The van der Waals surface area contributed by atoms with Gasteiger partial charge in [0.15, 0.2) is 11.5 Å². The fourth-order valence-corrected chi connectivity index (χ4v) is 4.03. The SMILES string of the molecule is COc1ccccc1OCCNCC1CCN(c2nc3ccccc3n2C)CC1.Cl.Cl. The summed E-state index contributed by atoms with van der Waals surface area (Å²) in [7, 11) is 3.78. The number of anilines is 1. The Balaban J connectivity index is 0.00000171. The van der Waals surface area contributed by atoms with Crippen molar-refractivity contribution in [3.8, 4) is 11.5 Å². The molecule has 2 aromatic carbocycles. The lowest BCUT2D eigenvalue weighted by Gasteiger charge is -2.32. The normalized spacial score (nSPS) is 14.1. The van der Waals surface area contributed by atoms with Gasteiger partial charge in [0.25, 0.3) is 0 Å². The molecule has 3 aromatic rings. The van der Waals surface area contributed by atoms with E-state index in [9.17, 15) is 0 Å². The molecule has 1 aliphatic rings. The zero-order valence-corrected chi connectivity index (χ0v) is 19.8. The number of hydrogen-bond donors (Lipinski definition) is 1. The monoisotopic (exact) mass is 466 g/mol. The van der Waals surface area contributed by atoms with Crippen LogP contribution in [0, 0.1) is 5.92 Å². The van der Waals surface area contributed by atoms with E-state index in [0.717, 1.165) is 49.1 Å². The van der Waals surface area contributed by atoms with Gasteiger partial charge in [0.2, 0.25) is 5.95 Å². The third kappa shape index (κ3) is 5.97. The largest absolute Gasteiger partial charge is 0.493 e. The van der Waals surface area contributed by atoms with Crippen LogP contribution in [0.4, 0.5) is 5.95 Å². The number of benzene rings is 2. The van der Waals surface area contributed by atoms with Crippen LogP contribution in [-0.4, -0.2) is 49.4 Å². The Morgan fingerprint density at radius 1 is 1.00 bits per heavy atom. The average Bonchev–Trinajstić information content (AvgIpc) is 3.11. The van der Waals surface area contributed by atoms with Crippen molar-refractivity contribution in [2.75, 3.05) is 44.8 Å². The minimum Gasteiger partial charge on any atom is -0.493 e. The van der Waals surface area contributed by atoms with Gasteiger partial charge in [-0.15, -0.1) is 24.8 Å². The topological polar surface area (TPSA) is 51.6 Å².